The number of aliphatic hydroxyl groups is 3. The van der Waals surface area contributed by atoms with Crippen LogP contribution in [0.25, 0.3) is 0 Å². The lowest BCUT2D eigenvalue weighted by Crippen LogP contribution is -2.69. The molecule has 196 valence electrons. The van der Waals surface area contributed by atoms with Crippen LogP contribution in [-0.4, -0.2) is 118 Å². The first-order chi connectivity index (χ1) is 16.5. The van der Waals surface area contributed by atoms with Crippen molar-refractivity contribution in [2.24, 2.45) is 0 Å². The van der Waals surface area contributed by atoms with E-state index in [2.05, 4.69) is 21.3 Å². The molecule has 14 heteroatoms. The molecule has 0 bridgehead atoms. The highest BCUT2D eigenvalue weighted by Crippen LogP contribution is 2.23. The molecule has 0 aliphatic carbocycles. The number of carbonyl (C=O) groups is 5. The molecular weight excluding hydrogens is 466 g/mol. The third-order valence-electron chi connectivity index (χ3n) is 6.57. The predicted molar refractivity (Wildman–Crippen MR) is 117 cm³/mol. The molecule has 3 heterocycles. The zero-order chi connectivity index (χ0) is 26.0. The van der Waals surface area contributed by atoms with Gasteiger partial charge in [0, 0.05) is 6.54 Å². The zero-order valence-corrected chi connectivity index (χ0v) is 19.8. The van der Waals surface area contributed by atoms with Crippen LogP contribution in [0.4, 0.5) is 0 Å². The molecule has 0 aromatic carbocycles. The summed E-state index contributed by atoms with van der Waals surface area (Å²) in [5.41, 5.74) is 0. The number of amides is 5. The van der Waals surface area contributed by atoms with Crippen LogP contribution < -0.4 is 21.3 Å². The van der Waals surface area contributed by atoms with Gasteiger partial charge in [-0.05, 0) is 33.6 Å². The van der Waals surface area contributed by atoms with Gasteiger partial charge in [0.05, 0.1) is 12.6 Å². The van der Waals surface area contributed by atoms with Crippen LogP contribution >= 0.6 is 0 Å². The van der Waals surface area contributed by atoms with Crippen molar-refractivity contribution in [3.05, 3.63) is 0 Å². The average molecular weight is 500 g/mol. The topological polar surface area (TPSA) is 207 Å². The Morgan fingerprint density at radius 3 is 2.03 bits per heavy atom. The number of nitrogens with zero attached hydrogens (tertiary/aromatic N) is 1. The van der Waals surface area contributed by atoms with Crippen LogP contribution in [0.3, 0.4) is 0 Å². The van der Waals surface area contributed by atoms with Crippen molar-refractivity contribution in [3.63, 3.8) is 0 Å². The summed E-state index contributed by atoms with van der Waals surface area (Å²) in [5.74, 6) is -3.40. The van der Waals surface area contributed by atoms with E-state index in [9.17, 15) is 39.3 Å². The minimum atomic E-state index is -1.70. The number of aliphatic hydroxyl groups excluding tert-OH is 3. The Morgan fingerprint density at radius 1 is 0.829 bits per heavy atom. The van der Waals surface area contributed by atoms with Gasteiger partial charge in [-0.15, -0.1) is 0 Å². The van der Waals surface area contributed by atoms with Crippen LogP contribution in [0.15, 0.2) is 0 Å². The lowest BCUT2D eigenvalue weighted by molar-refractivity contribution is -0.198. The first-order valence-corrected chi connectivity index (χ1v) is 11.6. The molecule has 0 spiro atoms. The summed E-state index contributed by atoms with van der Waals surface area (Å²) in [5, 5.41) is 40.2. The lowest BCUT2D eigenvalue weighted by atomic mass is 9.91. The van der Waals surface area contributed by atoms with Gasteiger partial charge >= 0.3 is 0 Å². The van der Waals surface area contributed by atoms with Gasteiger partial charge in [0.2, 0.25) is 23.6 Å². The van der Waals surface area contributed by atoms with Crippen molar-refractivity contribution in [3.8, 4) is 0 Å². The molecule has 3 fully saturated rings. The number of ether oxygens (including phenoxy) is 1. The fourth-order valence-electron chi connectivity index (χ4n) is 4.48. The van der Waals surface area contributed by atoms with E-state index in [-0.39, 0.29) is 6.54 Å². The number of hydrogen-bond donors (Lipinski definition) is 7. The fraction of sp³-hybridized carbons (Fsp3) is 0.762. The van der Waals surface area contributed by atoms with E-state index in [0.29, 0.717) is 12.8 Å². The molecule has 3 rings (SSSR count). The van der Waals surface area contributed by atoms with Crippen molar-refractivity contribution in [1.82, 2.24) is 26.2 Å². The fourth-order valence-corrected chi connectivity index (χ4v) is 4.48. The second-order valence-electron chi connectivity index (χ2n) is 9.17. The highest BCUT2D eigenvalue weighted by Gasteiger charge is 2.49. The zero-order valence-electron chi connectivity index (χ0n) is 19.8. The minimum absolute atomic E-state index is 0.283. The van der Waals surface area contributed by atoms with Gasteiger partial charge < -0.3 is 46.2 Å². The second-order valence-corrected chi connectivity index (χ2v) is 9.17. The maximum absolute atomic E-state index is 13.1. The maximum Gasteiger partial charge on any atom is 0.252 e. The molecule has 3 aliphatic heterocycles. The van der Waals surface area contributed by atoms with Gasteiger partial charge in [0.25, 0.3) is 5.91 Å². The molecule has 0 aromatic heterocycles. The van der Waals surface area contributed by atoms with E-state index < -0.39 is 90.8 Å². The van der Waals surface area contributed by atoms with Gasteiger partial charge in [-0.25, -0.2) is 0 Å². The number of rotatable bonds is 1. The SMILES string of the molecule is C[C@@H]1NC(=O)[C@H](C)NC(=O)[C@H]2CCCN2C(=O)[C@H](C)NC(=O)[C@@H]2O[C@H](CO)[C@@H](O)[C@H](O)[C@H]2NC1=O. The Morgan fingerprint density at radius 2 is 1.40 bits per heavy atom. The van der Waals surface area contributed by atoms with Crippen LogP contribution in [0.2, 0.25) is 0 Å². The molecule has 0 radical (unpaired) electrons. The van der Waals surface area contributed by atoms with E-state index in [1.54, 1.807) is 0 Å². The molecule has 9 atom stereocenters. The third-order valence-corrected chi connectivity index (χ3v) is 6.57. The Balaban J connectivity index is 1.94. The van der Waals surface area contributed by atoms with Crippen LogP contribution in [0.5, 0.6) is 0 Å². The van der Waals surface area contributed by atoms with Gasteiger partial charge in [0.1, 0.15) is 42.5 Å². The standard InChI is InChI=1S/C21H33N5O9/c1-8-17(30)22-9(2)18(31)25-13-15(29)14(28)12(7-27)35-16(13)20(33)24-10(3)21(34)26-6-4-5-11(26)19(32)23-8/h8-16,27-29H,4-7H2,1-3H3,(H,22,30)(H,23,32)(H,24,33)(H,25,31)/t8-,9-,10-,11+,12+,13+,14+,15+,16+/m0/s1. The lowest BCUT2D eigenvalue weighted by Gasteiger charge is -2.42. The van der Waals surface area contributed by atoms with Crippen LogP contribution in [-0.2, 0) is 28.7 Å². The summed E-state index contributed by atoms with van der Waals surface area (Å²) < 4.78 is 5.48. The average Bonchev–Trinajstić information content (AvgIpc) is 3.30. The van der Waals surface area contributed by atoms with Gasteiger partial charge in [-0.3, -0.25) is 24.0 Å². The molecule has 5 amide bonds. The largest absolute Gasteiger partial charge is 0.394 e. The van der Waals surface area contributed by atoms with E-state index in [1.807, 2.05) is 0 Å². The summed E-state index contributed by atoms with van der Waals surface area (Å²) in [6, 6.07) is -5.53. The predicted octanol–water partition coefficient (Wildman–Crippen LogP) is -4.53. The number of carbonyl (C=O) groups excluding carboxylic acids is 5. The van der Waals surface area contributed by atoms with Gasteiger partial charge in [0.15, 0.2) is 6.10 Å². The normalized spacial score (nSPS) is 39.7. The first-order valence-electron chi connectivity index (χ1n) is 11.6. The van der Waals surface area contributed by atoms with E-state index in [1.165, 1.54) is 25.7 Å². The maximum atomic E-state index is 13.1. The summed E-state index contributed by atoms with van der Waals surface area (Å²) in [4.78, 5) is 65.6. The molecule has 14 nitrogen and oxygen atoms in total. The smallest absolute Gasteiger partial charge is 0.252 e. The van der Waals surface area contributed by atoms with Crippen LogP contribution in [0, 0.1) is 0 Å². The van der Waals surface area contributed by atoms with Crippen molar-refractivity contribution >= 4 is 29.5 Å². The third kappa shape index (κ3) is 5.55. The summed E-state index contributed by atoms with van der Waals surface area (Å²) >= 11 is 0. The molecule has 3 aliphatic rings. The summed E-state index contributed by atoms with van der Waals surface area (Å²) in [6.45, 7) is 3.78. The van der Waals surface area contributed by atoms with Crippen molar-refractivity contribution < 1.29 is 44.0 Å². The second kappa shape index (κ2) is 10.8. The van der Waals surface area contributed by atoms with Gasteiger partial charge in [-0.2, -0.15) is 0 Å². The highest BCUT2D eigenvalue weighted by molar-refractivity contribution is 5.96. The van der Waals surface area contributed by atoms with Crippen molar-refractivity contribution in [2.45, 2.75) is 88.2 Å². The molecule has 35 heavy (non-hydrogen) atoms. The number of fused-ring (bicyclic) bond motifs is 2. The molecular formula is C21H33N5O9. The van der Waals surface area contributed by atoms with E-state index in [4.69, 9.17) is 4.74 Å². The summed E-state index contributed by atoms with van der Waals surface area (Å²) in [7, 11) is 0. The van der Waals surface area contributed by atoms with E-state index in [0.717, 1.165) is 0 Å². The van der Waals surface area contributed by atoms with Crippen LogP contribution in [0.1, 0.15) is 33.6 Å². The molecule has 7 N–H and O–H groups in total. The monoisotopic (exact) mass is 499 g/mol. The quantitative estimate of drug-likeness (QED) is 0.185. The first kappa shape index (κ1) is 26.8. The molecule has 0 saturated carbocycles. The molecule has 0 aromatic rings. The Kier molecular flexibility index (Phi) is 8.30. The Hall–Kier alpha value is -2.81. The van der Waals surface area contributed by atoms with Crippen molar-refractivity contribution in [1.29, 1.82) is 0 Å². The van der Waals surface area contributed by atoms with Crippen molar-refractivity contribution in [2.75, 3.05) is 13.2 Å². The van der Waals surface area contributed by atoms with Gasteiger partial charge in [-0.1, -0.05) is 0 Å². The Bertz CT molecular complexity index is 870. The molecule has 0 unspecified atom stereocenters. The number of hydrogen-bond acceptors (Lipinski definition) is 9. The van der Waals surface area contributed by atoms with E-state index >= 15 is 0 Å². The number of nitrogens with one attached hydrogen (secondary N) is 4. The Labute approximate surface area is 201 Å². The summed E-state index contributed by atoms with van der Waals surface area (Å²) in [6.07, 6.45) is -5.29. The minimum Gasteiger partial charge on any atom is -0.394 e. The molecule has 3 saturated heterocycles. The highest BCUT2D eigenvalue weighted by atomic mass is 16.5.